The van der Waals surface area contributed by atoms with Crippen molar-refractivity contribution >= 4 is 11.9 Å². The fourth-order valence-corrected chi connectivity index (χ4v) is 3.12. The number of pyridine rings is 1. The summed E-state index contributed by atoms with van der Waals surface area (Å²) in [6, 6.07) is 4.65. The Morgan fingerprint density at radius 3 is 2.92 bits per heavy atom. The number of aromatic carboxylic acids is 1. The molecule has 3 heterocycles. The predicted molar refractivity (Wildman–Crippen MR) is 97.0 cm³/mol. The molecule has 2 aromatic heterocycles. The van der Waals surface area contributed by atoms with Crippen LogP contribution in [-0.2, 0) is 0 Å². The molecule has 0 saturated carbocycles. The van der Waals surface area contributed by atoms with Crippen molar-refractivity contribution in [2.45, 2.75) is 12.8 Å². The molecular weight excluding hydrogens is 334 g/mol. The van der Waals surface area contributed by atoms with E-state index in [1.807, 2.05) is 0 Å². The van der Waals surface area contributed by atoms with E-state index in [1.54, 1.807) is 12.3 Å². The van der Waals surface area contributed by atoms with Gasteiger partial charge in [0.2, 0.25) is 5.95 Å². The molecule has 8 heteroatoms. The molecule has 2 aromatic rings. The van der Waals surface area contributed by atoms with Crippen LogP contribution in [0.3, 0.4) is 0 Å². The first-order valence-corrected chi connectivity index (χ1v) is 8.75. The highest BCUT2D eigenvalue weighted by atomic mass is 16.4. The summed E-state index contributed by atoms with van der Waals surface area (Å²) in [6.07, 6.45) is 5.29. The number of carbonyl (C=O) groups is 1. The van der Waals surface area contributed by atoms with Gasteiger partial charge in [-0.2, -0.15) is 0 Å². The van der Waals surface area contributed by atoms with E-state index in [0.29, 0.717) is 29.8 Å². The van der Waals surface area contributed by atoms with E-state index in [0.717, 1.165) is 32.5 Å². The van der Waals surface area contributed by atoms with Crippen molar-refractivity contribution in [1.82, 2.24) is 19.9 Å². The molecule has 0 aromatic carbocycles. The molecule has 1 fully saturated rings. The Labute approximate surface area is 151 Å². The standard InChI is InChI=1S/C18H23N5O3/c24-12-13-2-1-8-23(11-13)9-7-21-18-20-6-4-15(22-18)16-10-14(17(25)26)3-5-19-16/h3-6,10,13,24H,1-2,7-9,11-12H2,(H,25,26)(H,20,21,22)/t13-/m0/s1. The molecule has 1 aliphatic heterocycles. The van der Waals surface area contributed by atoms with Crippen molar-refractivity contribution in [2.24, 2.45) is 5.92 Å². The number of anilines is 1. The van der Waals surface area contributed by atoms with Crippen molar-refractivity contribution in [3.05, 3.63) is 36.2 Å². The van der Waals surface area contributed by atoms with Crippen molar-refractivity contribution in [3.63, 3.8) is 0 Å². The largest absolute Gasteiger partial charge is 0.478 e. The SMILES string of the molecule is O=C(O)c1ccnc(-c2ccnc(NCCN3CCC[C@H](CO)C3)n2)c1. The van der Waals surface area contributed by atoms with Crippen LogP contribution in [0.2, 0.25) is 0 Å². The van der Waals surface area contributed by atoms with Gasteiger partial charge in [-0.05, 0) is 43.5 Å². The first-order chi connectivity index (χ1) is 12.7. The number of hydrogen-bond acceptors (Lipinski definition) is 7. The van der Waals surface area contributed by atoms with E-state index in [1.165, 1.54) is 18.3 Å². The molecule has 1 saturated heterocycles. The lowest BCUT2D eigenvalue weighted by Gasteiger charge is -2.31. The summed E-state index contributed by atoms with van der Waals surface area (Å²) in [5.74, 6) is -0.138. The Balaban J connectivity index is 1.59. The van der Waals surface area contributed by atoms with Crippen molar-refractivity contribution in [1.29, 1.82) is 0 Å². The summed E-state index contributed by atoms with van der Waals surface area (Å²) in [4.78, 5) is 26.3. The summed E-state index contributed by atoms with van der Waals surface area (Å²) in [5, 5.41) is 21.6. The maximum Gasteiger partial charge on any atom is 0.335 e. The first kappa shape index (κ1) is 18.2. The van der Waals surface area contributed by atoms with Crippen LogP contribution in [0.15, 0.2) is 30.6 Å². The number of piperidine rings is 1. The van der Waals surface area contributed by atoms with Gasteiger partial charge in [-0.15, -0.1) is 0 Å². The molecule has 0 aliphatic carbocycles. The van der Waals surface area contributed by atoms with Gasteiger partial charge in [0.05, 0.1) is 17.0 Å². The molecule has 0 unspecified atom stereocenters. The first-order valence-electron chi connectivity index (χ1n) is 8.75. The molecule has 138 valence electrons. The van der Waals surface area contributed by atoms with Crippen LogP contribution in [0, 0.1) is 5.92 Å². The molecule has 0 radical (unpaired) electrons. The van der Waals surface area contributed by atoms with Gasteiger partial charge in [0.25, 0.3) is 0 Å². The molecule has 26 heavy (non-hydrogen) atoms. The van der Waals surface area contributed by atoms with Crippen LogP contribution < -0.4 is 5.32 Å². The molecule has 8 nitrogen and oxygen atoms in total. The number of rotatable bonds is 7. The van der Waals surface area contributed by atoms with E-state index >= 15 is 0 Å². The highest BCUT2D eigenvalue weighted by Gasteiger charge is 2.18. The fraction of sp³-hybridized carbons (Fsp3) is 0.444. The molecule has 1 aliphatic rings. The third-order valence-corrected chi connectivity index (χ3v) is 4.50. The van der Waals surface area contributed by atoms with Crippen LogP contribution in [0.1, 0.15) is 23.2 Å². The zero-order valence-electron chi connectivity index (χ0n) is 14.5. The highest BCUT2D eigenvalue weighted by Crippen LogP contribution is 2.17. The quantitative estimate of drug-likeness (QED) is 0.681. The monoisotopic (exact) mass is 357 g/mol. The molecular formula is C18H23N5O3. The highest BCUT2D eigenvalue weighted by molar-refractivity contribution is 5.88. The molecule has 3 N–H and O–H groups in total. The zero-order chi connectivity index (χ0) is 18.4. The number of hydrogen-bond donors (Lipinski definition) is 3. The summed E-state index contributed by atoms with van der Waals surface area (Å²) >= 11 is 0. The minimum Gasteiger partial charge on any atom is -0.478 e. The van der Waals surface area contributed by atoms with E-state index in [2.05, 4.69) is 25.2 Å². The summed E-state index contributed by atoms with van der Waals surface area (Å²) in [7, 11) is 0. The Morgan fingerprint density at radius 1 is 1.27 bits per heavy atom. The molecule has 0 amide bonds. The Morgan fingerprint density at radius 2 is 2.12 bits per heavy atom. The van der Waals surface area contributed by atoms with Crippen molar-refractivity contribution < 1.29 is 15.0 Å². The maximum atomic E-state index is 11.1. The average Bonchev–Trinajstić information content (AvgIpc) is 2.68. The molecule has 0 bridgehead atoms. The number of aliphatic hydroxyl groups is 1. The Hall–Kier alpha value is -2.58. The van der Waals surface area contributed by atoms with Gasteiger partial charge in [-0.3, -0.25) is 4.98 Å². The molecule has 0 spiro atoms. The van der Waals surface area contributed by atoms with Crippen LogP contribution in [0.5, 0.6) is 0 Å². The molecule has 3 rings (SSSR count). The predicted octanol–water partition coefficient (Wildman–Crippen LogP) is 1.35. The second-order valence-corrected chi connectivity index (χ2v) is 6.42. The van der Waals surface area contributed by atoms with Gasteiger partial charge in [0.15, 0.2) is 0 Å². The number of carboxylic acids is 1. The number of nitrogens with one attached hydrogen (secondary N) is 1. The van der Waals surface area contributed by atoms with E-state index in [-0.39, 0.29) is 12.2 Å². The lowest BCUT2D eigenvalue weighted by Crippen LogP contribution is -2.39. The lowest BCUT2D eigenvalue weighted by atomic mass is 9.99. The summed E-state index contributed by atoms with van der Waals surface area (Å²) < 4.78 is 0. The Bertz CT molecular complexity index is 755. The van der Waals surface area contributed by atoms with Crippen LogP contribution in [0.25, 0.3) is 11.4 Å². The van der Waals surface area contributed by atoms with Crippen molar-refractivity contribution in [3.8, 4) is 11.4 Å². The van der Waals surface area contributed by atoms with Gasteiger partial charge < -0.3 is 20.4 Å². The smallest absolute Gasteiger partial charge is 0.335 e. The van der Waals surface area contributed by atoms with Gasteiger partial charge in [0, 0.05) is 38.6 Å². The zero-order valence-corrected chi connectivity index (χ0v) is 14.5. The van der Waals surface area contributed by atoms with E-state index in [4.69, 9.17) is 5.11 Å². The van der Waals surface area contributed by atoms with Crippen LogP contribution >= 0.6 is 0 Å². The van der Waals surface area contributed by atoms with Gasteiger partial charge in [-0.1, -0.05) is 0 Å². The van der Waals surface area contributed by atoms with Gasteiger partial charge in [-0.25, -0.2) is 14.8 Å². The number of aromatic nitrogens is 3. The second-order valence-electron chi connectivity index (χ2n) is 6.42. The van der Waals surface area contributed by atoms with Gasteiger partial charge in [0.1, 0.15) is 0 Å². The van der Waals surface area contributed by atoms with Crippen molar-refractivity contribution in [2.75, 3.05) is 38.1 Å². The number of carboxylic acid groups (broad SMARTS) is 1. The topological polar surface area (TPSA) is 111 Å². The van der Waals surface area contributed by atoms with Crippen LogP contribution in [-0.4, -0.2) is 68.8 Å². The summed E-state index contributed by atoms with van der Waals surface area (Å²) in [5.41, 5.74) is 1.24. The Kier molecular flexibility index (Phi) is 6.08. The van der Waals surface area contributed by atoms with Gasteiger partial charge >= 0.3 is 5.97 Å². The van der Waals surface area contributed by atoms with E-state index in [9.17, 15) is 9.90 Å². The minimum absolute atomic E-state index is 0.173. The fourth-order valence-electron chi connectivity index (χ4n) is 3.12. The molecule has 1 atom stereocenters. The maximum absolute atomic E-state index is 11.1. The lowest BCUT2D eigenvalue weighted by molar-refractivity contribution is 0.0697. The number of likely N-dealkylation sites (tertiary alicyclic amines) is 1. The third-order valence-electron chi connectivity index (χ3n) is 4.50. The van der Waals surface area contributed by atoms with E-state index < -0.39 is 5.97 Å². The average molecular weight is 357 g/mol. The second kappa shape index (κ2) is 8.68. The normalized spacial score (nSPS) is 17.8. The third kappa shape index (κ3) is 4.74. The van der Waals surface area contributed by atoms with Crippen LogP contribution in [0.4, 0.5) is 5.95 Å². The number of aliphatic hydroxyl groups excluding tert-OH is 1. The summed E-state index contributed by atoms with van der Waals surface area (Å²) in [6.45, 7) is 3.77. The number of nitrogens with zero attached hydrogens (tertiary/aromatic N) is 4. The minimum atomic E-state index is -0.997.